The van der Waals surface area contributed by atoms with Gasteiger partial charge in [-0.2, -0.15) is 0 Å². The third-order valence-corrected chi connectivity index (χ3v) is 6.75. The number of carbonyl (C=O) groups excluding carboxylic acids is 1. The average molecular weight is 458 g/mol. The Morgan fingerprint density at radius 1 is 0.912 bits per heavy atom. The molecule has 4 rings (SSSR count). The van der Waals surface area contributed by atoms with Crippen LogP contribution in [0.25, 0.3) is 0 Å². The molecule has 3 aromatic carbocycles. The van der Waals surface area contributed by atoms with E-state index in [0.717, 1.165) is 49.4 Å². The Hall–Kier alpha value is -3.27. The fourth-order valence-corrected chi connectivity index (χ4v) is 4.56. The summed E-state index contributed by atoms with van der Waals surface area (Å²) in [5, 5.41) is 0. The number of nitrogens with zero attached hydrogens (tertiary/aromatic N) is 1. The summed E-state index contributed by atoms with van der Waals surface area (Å²) in [7, 11) is 0. The van der Waals surface area contributed by atoms with Gasteiger partial charge >= 0.3 is 0 Å². The van der Waals surface area contributed by atoms with E-state index < -0.39 is 0 Å². The smallest absolute Gasteiger partial charge is 0.253 e. The van der Waals surface area contributed by atoms with Crippen LogP contribution in [0.3, 0.4) is 0 Å². The van der Waals surface area contributed by atoms with E-state index in [1.165, 1.54) is 16.7 Å². The summed E-state index contributed by atoms with van der Waals surface area (Å²) in [6.07, 6.45) is 3.17. The summed E-state index contributed by atoms with van der Waals surface area (Å²) in [5.74, 6) is 2.31. The first-order valence-electron chi connectivity index (χ1n) is 12.3. The van der Waals surface area contributed by atoms with Crippen LogP contribution in [-0.2, 0) is 13.0 Å². The number of benzene rings is 3. The number of carbonyl (C=O) groups is 1. The Kier molecular flexibility index (Phi) is 7.89. The maximum Gasteiger partial charge on any atom is 0.253 e. The number of hydrogen-bond acceptors (Lipinski definition) is 3. The largest absolute Gasteiger partial charge is 0.493 e. The molecule has 3 aromatic rings. The molecule has 0 aliphatic carbocycles. The van der Waals surface area contributed by atoms with E-state index in [9.17, 15) is 4.79 Å². The fourth-order valence-electron chi connectivity index (χ4n) is 4.56. The lowest BCUT2D eigenvalue weighted by Gasteiger charge is -2.32. The Morgan fingerprint density at radius 3 is 2.38 bits per heavy atom. The molecule has 1 saturated heterocycles. The van der Waals surface area contributed by atoms with Crippen LogP contribution in [0.4, 0.5) is 0 Å². The lowest BCUT2D eigenvalue weighted by molar-refractivity contribution is 0.0690. The number of hydrogen-bond donors (Lipinski definition) is 0. The summed E-state index contributed by atoms with van der Waals surface area (Å²) < 4.78 is 11.9. The molecule has 0 N–H and O–H groups in total. The van der Waals surface area contributed by atoms with Crippen LogP contribution in [0, 0.1) is 19.8 Å². The zero-order chi connectivity index (χ0) is 23.9. The summed E-state index contributed by atoms with van der Waals surface area (Å²) in [6, 6.07) is 22.4. The molecule has 4 heteroatoms. The Balaban J connectivity index is 1.41. The lowest BCUT2D eigenvalue weighted by atomic mass is 9.90. The first-order chi connectivity index (χ1) is 16.5. The van der Waals surface area contributed by atoms with Crippen LogP contribution >= 0.6 is 0 Å². The van der Waals surface area contributed by atoms with Gasteiger partial charge in [0.25, 0.3) is 5.91 Å². The van der Waals surface area contributed by atoms with Crippen molar-refractivity contribution in [2.24, 2.45) is 5.92 Å². The van der Waals surface area contributed by atoms with Crippen LogP contribution in [0.5, 0.6) is 11.5 Å². The van der Waals surface area contributed by atoms with Gasteiger partial charge in [0.05, 0.1) is 6.61 Å². The molecular weight excluding hydrogens is 422 g/mol. The van der Waals surface area contributed by atoms with Gasteiger partial charge in [-0.05, 0) is 93.0 Å². The van der Waals surface area contributed by atoms with Crippen molar-refractivity contribution in [3.05, 3.63) is 94.5 Å². The van der Waals surface area contributed by atoms with Crippen molar-refractivity contribution in [3.8, 4) is 11.5 Å². The minimum absolute atomic E-state index is 0.0913. The van der Waals surface area contributed by atoms with Crippen molar-refractivity contribution in [3.63, 3.8) is 0 Å². The Bertz CT molecular complexity index is 1100. The van der Waals surface area contributed by atoms with E-state index in [1.54, 1.807) is 0 Å². The molecule has 1 aliphatic rings. The number of ether oxygens (including phenoxy) is 2. The van der Waals surface area contributed by atoms with Crippen molar-refractivity contribution in [1.29, 1.82) is 0 Å². The number of aryl methyl sites for hydroxylation is 2. The normalized spacial score (nSPS) is 14.1. The summed E-state index contributed by atoms with van der Waals surface area (Å²) in [5.41, 5.74) is 5.41. The van der Waals surface area contributed by atoms with Gasteiger partial charge < -0.3 is 14.4 Å². The highest BCUT2D eigenvalue weighted by atomic mass is 16.5. The second-order valence-electron chi connectivity index (χ2n) is 9.22. The molecule has 0 aromatic heterocycles. The molecule has 178 valence electrons. The second-order valence-corrected chi connectivity index (χ2v) is 9.22. The minimum Gasteiger partial charge on any atom is -0.493 e. The molecule has 0 saturated carbocycles. The van der Waals surface area contributed by atoms with Crippen molar-refractivity contribution in [2.75, 3.05) is 19.7 Å². The third kappa shape index (κ3) is 5.99. The van der Waals surface area contributed by atoms with Gasteiger partial charge in [-0.15, -0.1) is 0 Å². The molecule has 0 bridgehead atoms. The molecule has 4 nitrogen and oxygen atoms in total. The number of likely N-dealkylation sites (tertiary alicyclic amines) is 1. The average Bonchev–Trinajstić information content (AvgIpc) is 2.86. The quantitative estimate of drug-likeness (QED) is 0.394. The van der Waals surface area contributed by atoms with Crippen molar-refractivity contribution >= 4 is 5.91 Å². The zero-order valence-electron chi connectivity index (χ0n) is 20.5. The van der Waals surface area contributed by atoms with Crippen molar-refractivity contribution in [1.82, 2.24) is 4.90 Å². The highest BCUT2D eigenvalue weighted by Crippen LogP contribution is 2.27. The number of piperidine rings is 1. The molecule has 1 amide bonds. The van der Waals surface area contributed by atoms with Gasteiger partial charge in [-0.1, -0.05) is 36.4 Å². The van der Waals surface area contributed by atoms with E-state index >= 15 is 0 Å². The van der Waals surface area contributed by atoms with Crippen LogP contribution in [0.15, 0.2) is 66.7 Å². The molecule has 0 radical (unpaired) electrons. The summed E-state index contributed by atoms with van der Waals surface area (Å²) in [6.45, 7) is 8.67. The van der Waals surface area contributed by atoms with Crippen LogP contribution in [-0.4, -0.2) is 30.5 Å². The van der Waals surface area contributed by atoms with Gasteiger partial charge in [0.1, 0.15) is 18.1 Å². The molecule has 1 aliphatic heterocycles. The molecule has 0 unspecified atom stereocenters. The van der Waals surface area contributed by atoms with E-state index in [-0.39, 0.29) is 5.91 Å². The second kappa shape index (κ2) is 11.2. The van der Waals surface area contributed by atoms with Crippen molar-refractivity contribution < 1.29 is 14.3 Å². The van der Waals surface area contributed by atoms with Gasteiger partial charge in [0.15, 0.2) is 0 Å². The van der Waals surface area contributed by atoms with Crippen LogP contribution in [0.2, 0.25) is 0 Å². The maximum atomic E-state index is 13.3. The van der Waals surface area contributed by atoms with E-state index in [2.05, 4.69) is 50.2 Å². The molecule has 1 fully saturated rings. The number of rotatable bonds is 8. The molecule has 1 heterocycles. The summed E-state index contributed by atoms with van der Waals surface area (Å²) in [4.78, 5) is 15.3. The standard InChI is InChI=1S/C30H35NO3/c1-4-33-29-13-11-26(20-27(29)21-34-28-12-10-22(2)23(3)18-28)30(32)31-16-14-25(15-17-31)19-24-8-6-5-7-9-24/h5-13,18,20,25H,4,14-17,19,21H2,1-3H3. The van der Waals surface area contributed by atoms with Gasteiger partial charge in [0.2, 0.25) is 0 Å². The monoisotopic (exact) mass is 457 g/mol. The van der Waals surface area contributed by atoms with Crippen molar-refractivity contribution in [2.45, 2.75) is 46.6 Å². The number of amides is 1. The van der Waals surface area contributed by atoms with Gasteiger partial charge in [0, 0.05) is 24.2 Å². The lowest BCUT2D eigenvalue weighted by Crippen LogP contribution is -2.39. The SMILES string of the molecule is CCOc1ccc(C(=O)N2CCC(Cc3ccccc3)CC2)cc1COc1ccc(C)c(C)c1. The van der Waals surface area contributed by atoms with E-state index in [4.69, 9.17) is 9.47 Å². The highest BCUT2D eigenvalue weighted by molar-refractivity contribution is 5.94. The topological polar surface area (TPSA) is 38.8 Å². The Labute approximate surface area is 203 Å². The molecule has 0 atom stereocenters. The Morgan fingerprint density at radius 2 is 1.68 bits per heavy atom. The van der Waals surface area contributed by atoms with E-state index in [1.807, 2.05) is 42.2 Å². The molecule has 34 heavy (non-hydrogen) atoms. The van der Waals surface area contributed by atoms with Gasteiger partial charge in [-0.25, -0.2) is 0 Å². The molecule has 0 spiro atoms. The van der Waals surface area contributed by atoms with E-state index in [0.29, 0.717) is 24.7 Å². The predicted octanol–water partition coefficient (Wildman–Crippen LogP) is 6.38. The summed E-state index contributed by atoms with van der Waals surface area (Å²) >= 11 is 0. The first-order valence-corrected chi connectivity index (χ1v) is 12.3. The molecular formula is C30H35NO3. The minimum atomic E-state index is 0.0913. The van der Waals surface area contributed by atoms with Gasteiger partial charge in [-0.3, -0.25) is 4.79 Å². The third-order valence-electron chi connectivity index (χ3n) is 6.75. The first kappa shape index (κ1) is 23.9. The zero-order valence-corrected chi connectivity index (χ0v) is 20.5. The van der Waals surface area contributed by atoms with Crippen LogP contribution < -0.4 is 9.47 Å². The fraction of sp³-hybridized carbons (Fsp3) is 0.367. The van der Waals surface area contributed by atoms with Crippen LogP contribution in [0.1, 0.15) is 52.4 Å². The maximum absolute atomic E-state index is 13.3. The highest BCUT2D eigenvalue weighted by Gasteiger charge is 2.24. The predicted molar refractivity (Wildman–Crippen MR) is 137 cm³/mol.